The molecule has 4 nitrogen and oxygen atoms in total. The molecule has 0 unspecified atom stereocenters. The van der Waals surface area contributed by atoms with E-state index in [2.05, 4.69) is 15.5 Å². The maximum atomic E-state index is 12.3. The number of piperazine rings is 1. The van der Waals surface area contributed by atoms with E-state index < -0.39 is 11.2 Å². The van der Waals surface area contributed by atoms with E-state index in [9.17, 15) is 13.2 Å². The fourth-order valence-corrected chi connectivity index (χ4v) is 2.23. The quantitative estimate of drug-likeness (QED) is 0.705. The molecule has 1 aliphatic heterocycles. The topological polar surface area (TPSA) is 42.2 Å². The van der Waals surface area contributed by atoms with Crippen LogP contribution in [0.2, 0.25) is 0 Å². The van der Waals surface area contributed by atoms with E-state index in [1.54, 1.807) is 0 Å². The van der Waals surface area contributed by atoms with Crippen LogP contribution < -0.4 is 10.2 Å². The van der Waals surface area contributed by atoms with E-state index in [0.29, 0.717) is 16.5 Å². The first-order valence-electron chi connectivity index (χ1n) is 4.54. The highest BCUT2D eigenvalue weighted by molar-refractivity contribution is 7.14. The van der Waals surface area contributed by atoms with Crippen molar-refractivity contribution < 1.29 is 18.1 Å². The second-order valence-electron chi connectivity index (χ2n) is 3.26. The normalized spacial score (nSPS) is 19.4. The number of nitrogens with zero attached hydrogens (tertiary/aromatic N) is 2. The van der Waals surface area contributed by atoms with Gasteiger partial charge in [0.2, 0.25) is 5.01 Å². The third kappa shape index (κ3) is 2.44. The maximum Gasteiger partial charge on any atom is 0.445 e. The van der Waals surface area contributed by atoms with Crippen LogP contribution >= 0.6 is 11.3 Å². The van der Waals surface area contributed by atoms with Gasteiger partial charge in [-0.1, -0.05) is 5.10 Å². The van der Waals surface area contributed by atoms with E-state index in [0.717, 1.165) is 31.1 Å². The Bertz CT molecular complexity index is 331. The third-order valence-corrected chi connectivity index (χ3v) is 3.25. The van der Waals surface area contributed by atoms with Crippen molar-refractivity contribution in [2.75, 3.05) is 26.2 Å². The number of hydrogen-bond donors (Lipinski definition) is 2. The van der Waals surface area contributed by atoms with Crippen LogP contribution in [-0.2, 0) is 6.18 Å². The van der Waals surface area contributed by atoms with Gasteiger partial charge in [0.15, 0.2) is 0 Å². The summed E-state index contributed by atoms with van der Waals surface area (Å²) in [4.78, 5) is 0.974. The smallest absolute Gasteiger partial charge is 0.306 e. The lowest BCUT2D eigenvalue weighted by atomic mass is 10.4. The van der Waals surface area contributed by atoms with Gasteiger partial charge in [0.1, 0.15) is 0 Å². The monoisotopic (exact) mass is 239 g/mol. The Morgan fingerprint density at radius 3 is 2.40 bits per heavy atom. The van der Waals surface area contributed by atoms with E-state index in [-0.39, 0.29) is 0 Å². The SMILES string of the molecule is FC(F)(F)c1nnc([NH+]2CCNCC2)s1. The largest absolute Gasteiger partial charge is 0.445 e. The van der Waals surface area contributed by atoms with Gasteiger partial charge in [0.05, 0.1) is 13.1 Å². The summed E-state index contributed by atoms with van der Waals surface area (Å²) in [6.45, 7) is 3.12. The molecule has 2 rings (SSSR count). The Morgan fingerprint density at radius 2 is 1.87 bits per heavy atom. The summed E-state index contributed by atoms with van der Waals surface area (Å²) in [7, 11) is 0. The van der Waals surface area contributed by atoms with Crippen LogP contribution in [-0.4, -0.2) is 36.4 Å². The molecule has 84 valence electrons. The standard InChI is InChI=1S/C7H9F3N4S/c8-7(9,10)5-12-13-6(15-5)14-3-1-11-2-4-14/h11H,1-4H2/p+1. The molecular formula is C7H10F3N4S+. The molecule has 1 aromatic heterocycles. The highest BCUT2D eigenvalue weighted by Gasteiger charge is 2.37. The zero-order valence-electron chi connectivity index (χ0n) is 7.76. The van der Waals surface area contributed by atoms with Gasteiger partial charge >= 0.3 is 11.3 Å². The molecule has 0 radical (unpaired) electrons. The molecule has 15 heavy (non-hydrogen) atoms. The van der Waals surface area contributed by atoms with E-state index in [1.165, 1.54) is 0 Å². The average Bonchev–Trinajstić information content (AvgIpc) is 2.67. The Hall–Kier alpha value is -0.730. The Kier molecular flexibility index (Phi) is 2.89. The van der Waals surface area contributed by atoms with Crippen molar-refractivity contribution in [3.63, 3.8) is 0 Å². The average molecular weight is 239 g/mol. The molecule has 0 atom stereocenters. The third-order valence-electron chi connectivity index (χ3n) is 2.18. The highest BCUT2D eigenvalue weighted by atomic mass is 32.1. The first-order chi connectivity index (χ1) is 7.07. The minimum atomic E-state index is -4.37. The zero-order chi connectivity index (χ0) is 10.9. The van der Waals surface area contributed by atoms with Gasteiger partial charge in [-0.15, -0.1) is 5.10 Å². The van der Waals surface area contributed by atoms with Crippen molar-refractivity contribution >= 4 is 16.5 Å². The number of quaternary nitrogens is 1. The van der Waals surface area contributed by atoms with Crippen LogP contribution in [0, 0.1) is 0 Å². The summed E-state index contributed by atoms with van der Waals surface area (Å²) in [6.07, 6.45) is -4.37. The molecule has 1 fully saturated rings. The molecule has 0 bridgehead atoms. The van der Waals surface area contributed by atoms with Gasteiger partial charge < -0.3 is 5.32 Å². The van der Waals surface area contributed by atoms with Gasteiger partial charge in [0.25, 0.3) is 0 Å². The fourth-order valence-electron chi connectivity index (χ4n) is 1.42. The molecule has 1 aliphatic rings. The van der Waals surface area contributed by atoms with Gasteiger partial charge in [-0.2, -0.15) is 13.2 Å². The first-order valence-corrected chi connectivity index (χ1v) is 5.35. The number of alkyl halides is 3. The summed E-state index contributed by atoms with van der Waals surface area (Å²) in [5.41, 5.74) is 0. The van der Waals surface area contributed by atoms with Crippen LogP contribution in [0.15, 0.2) is 0 Å². The van der Waals surface area contributed by atoms with Crippen molar-refractivity contribution in [2.45, 2.75) is 6.18 Å². The van der Waals surface area contributed by atoms with Crippen molar-refractivity contribution in [3.05, 3.63) is 5.01 Å². The van der Waals surface area contributed by atoms with Gasteiger partial charge in [-0.05, 0) is 11.3 Å². The molecule has 0 spiro atoms. The lowest BCUT2D eigenvalue weighted by Gasteiger charge is -2.20. The Labute approximate surface area is 88.1 Å². The van der Waals surface area contributed by atoms with E-state index >= 15 is 0 Å². The molecule has 0 saturated carbocycles. The summed E-state index contributed by atoms with van der Waals surface area (Å²) in [5.74, 6) is 0. The molecule has 1 aromatic rings. The molecule has 8 heteroatoms. The van der Waals surface area contributed by atoms with E-state index in [4.69, 9.17) is 0 Å². The molecule has 0 aromatic carbocycles. The van der Waals surface area contributed by atoms with Crippen LogP contribution in [0.1, 0.15) is 5.01 Å². The van der Waals surface area contributed by atoms with Crippen molar-refractivity contribution in [1.29, 1.82) is 0 Å². The lowest BCUT2D eigenvalue weighted by molar-refractivity contribution is -0.834. The number of halogens is 3. The van der Waals surface area contributed by atoms with Gasteiger partial charge in [0, 0.05) is 13.1 Å². The van der Waals surface area contributed by atoms with Crippen LogP contribution in [0.3, 0.4) is 0 Å². The molecule has 2 heterocycles. The lowest BCUT2D eigenvalue weighted by Crippen LogP contribution is -3.10. The summed E-state index contributed by atoms with van der Waals surface area (Å²) in [5, 5.41) is 9.47. The fraction of sp³-hybridized carbons (Fsp3) is 0.714. The molecule has 2 N–H and O–H groups in total. The Balaban J connectivity index is 2.12. The number of rotatable bonds is 1. The van der Waals surface area contributed by atoms with Crippen LogP contribution in [0.25, 0.3) is 0 Å². The van der Waals surface area contributed by atoms with E-state index in [1.807, 2.05) is 0 Å². The molecular weight excluding hydrogens is 229 g/mol. The minimum Gasteiger partial charge on any atom is -0.306 e. The number of hydrogen-bond acceptors (Lipinski definition) is 4. The second-order valence-corrected chi connectivity index (χ2v) is 4.24. The predicted octanol–water partition coefficient (Wildman–Crippen LogP) is -0.324. The second kappa shape index (κ2) is 4.03. The zero-order valence-corrected chi connectivity index (χ0v) is 8.58. The maximum absolute atomic E-state index is 12.3. The summed E-state index contributed by atoms with van der Waals surface area (Å²) < 4.78 is 36.8. The summed E-state index contributed by atoms with van der Waals surface area (Å²) in [6, 6.07) is 0. The highest BCUT2D eigenvalue weighted by Crippen LogP contribution is 2.31. The molecule has 0 aliphatic carbocycles. The predicted molar refractivity (Wildman–Crippen MR) is 48.1 cm³/mol. The van der Waals surface area contributed by atoms with Crippen LogP contribution in [0.5, 0.6) is 0 Å². The summed E-state index contributed by atoms with van der Waals surface area (Å²) >= 11 is 0.634. The Morgan fingerprint density at radius 1 is 1.20 bits per heavy atom. The van der Waals surface area contributed by atoms with Crippen molar-refractivity contribution in [1.82, 2.24) is 15.5 Å². The van der Waals surface area contributed by atoms with Crippen LogP contribution in [0.4, 0.5) is 18.3 Å². The minimum absolute atomic E-state index is 0.434. The molecule has 0 amide bonds. The first kappa shape index (κ1) is 10.8. The molecule has 1 saturated heterocycles. The van der Waals surface area contributed by atoms with Crippen molar-refractivity contribution in [3.8, 4) is 0 Å². The number of nitrogens with one attached hydrogen (secondary N) is 2. The van der Waals surface area contributed by atoms with Crippen molar-refractivity contribution in [2.24, 2.45) is 0 Å². The van der Waals surface area contributed by atoms with Gasteiger partial charge in [-0.3, -0.25) is 4.90 Å². The van der Waals surface area contributed by atoms with Gasteiger partial charge in [-0.25, -0.2) is 0 Å². The number of aromatic nitrogens is 2.